The lowest BCUT2D eigenvalue weighted by Gasteiger charge is -2.16. The second-order valence-corrected chi connectivity index (χ2v) is 7.73. The van der Waals surface area contributed by atoms with Crippen LogP contribution in [0.3, 0.4) is 0 Å². The minimum Gasteiger partial charge on any atom is -0.467 e. The molecule has 1 unspecified atom stereocenters. The van der Waals surface area contributed by atoms with E-state index >= 15 is 0 Å². The molecule has 0 aromatic heterocycles. The quantitative estimate of drug-likeness (QED) is 0.378. The van der Waals surface area contributed by atoms with E-state index in [2.05, 4.69) is 10.6 Å². The van der Waals surface area contributed by atoms with Crippen molar-refractivity contribution in [1.29, 1.82) is 0 Å². The van der Waals surface area contributed by atoms with Crippen molar-refractivity contribution in [3.63, 3.8) is 0 Å². The number of amides is 3. The number of benzene rings is 2. The molecule has 1 heterocycles. The molecule has 0 aliphatic carbocycles. The molecule has 0 bridgehead atoms. The van der Waals surface area contributed by atoms with Gasteiger partial charge in [0.25, 0.3) is 11.1 Å². The summed E-state index contributed by atoms with van der Waals surface area (Å²) in [5.41, 5.74) is 6.85. The second kappa shape index (κ2) is 12.0. The summed E-state index contributed by atoms with van der Waals surface area (Å²) in [7, 11) is 1.25. The second-order valence-electron chi connectivity index (χ2n) is 6.72. The van der Waals surface area contributed by atoms with Crippen molar-refractivity contribution >= 4 is 53.3 Å². The summed E-state index contributed by atoms with van der Waals surface area (Å²) >= 11 is 0.860. The predicted molar refractivity (Wildman–Crippen MR) is 126 cm³/mol. The topological polar surface area (TPSA) is 137 Å². The summed E-state index contributed by atoms with van der Waals surface area (Å²) in [4.78, 5) is 46.6. The molecule has 1 aliphatic rings. The first kappa shape index (κ1) is 25.9. The van der Waals surface area contributed by atoms with Crippen LogP contribution in [-0.2, 0) is 25.5 Å². The average molecular weight is 492 g/mol. The maximum atomic E-state index is 11.9. The third-order valence-electron chi connectivity index (χ3n) is 4.43. The third kappa shape index (κ3) is 7.35. The first-order valence-electron chi connectivity index (χ1n) is 9.57. The molecular weight excluding hydrogens is 470 g/mol. The van der Waals surface area contributed by atoms with E-state index in [0.717, 1.165) is 22.9 Å². The lowest BCUT2D eigenvalue weighted by Crippen LogP contribution is -2.45. The van der Waals surface area contributed by atoms with Crippen molar-refractivity contribution in [3.8, 4) is 11.5 Å². The zero-order valence-electron chi connectivity index (χ0n) is 17.5. The molecule has 0 spiro atoms. The molecule has 9 nitrogen and oxygen atoms in total. The first-order chi connectivity index (χ1) is 15.4. The standard InChI is InChI=1S/C22H21N3O6S.ClH/c1-30-21(28)17(24-19(26)12-23)10-13-2-6-15(7-3-13)31-16-8-4-14(5-9-16)11-18-20(27)25-22(29)32-18;/h2-9,11,17H,10,12,23H2,1H3,(H,24,26)(H,25,27,29);1H/b18-11-;. The van der Waals surface area contributed by atoms with Gasteiger partial charge in [-0.15, -0.1) is 12.4 Å². The Kier molecular flexibility index (Phi) is 9.46. The normalized spacial score (nSPS) is 14.8. The van der Waals surface area contributed by atoms with Crippen LogP contribution in [0.2, 0.25) is 0 Å². The highest BCUT2D eigenvalue weighted by atomic mass is 35.5. The smallest absolute Gasteiger partial charge is 0.328 e. The molecule has 1 atom stereocenters. The maximum absolute atomic E-state index is 11.9. The number of hydrogen-bond acceptors (Lipinski definition) is 8. The van der Waals surface area contributed by atoms with Crippen LogP contribution < -0.4 is 21.1 Å². The summed E-state index contributed by atoms with van der Waals surface area (Å²) in [6.45, 7) is -0.222. The molecule has 2 aromatic rings. The Morgan fingerprint density at radius 2 is 1.70 bits per heavy atom. The molecule has 3 amide bonds. The summed E-state index contributed by atoms with van der Waals surface area (Å²) in [5, 5.41) is 4.36. The fraction of sp³-hybridized carbons (Fsp3) is 0.182. The fourth-order valence-corrected chi connectivity index (χ4v) is 3.54. The molecule has 174 valence electrons. The van der Waals surface area contributed by atoms with Gasteiger partial charge in [-0.05, 0) is 53.2 Å². The lowest BCUT2D eigenvalue weighted by molar-refractivity contribution is -0.144. The average Bonchev–Trinajstić information content (AvgIpc) is 3.11. The Morgan fingerprint density at radius 1 is 1.09 bits per heavy atom. The number of nitrogens with two attached hydrogens (primary N) is 1. The Morgan fingerprint density at radius 3 is 2.21 bits per heavy atom. The predicted octanol–water partition coefficient (Wildman–Crippen LogP) is 2.38. The monoisotopic (exact) mass is 491 g/mol. The number of esters is 1. The van der Waals surface area contributed by atoms with E-state index in [1.54, 1.807) is 54.6 Å². The van der Waals surface area contributed by atoms with Gasteiger partial charge in [-0.3, -0.25) is 19.7 Å². The molecule has 33 heavy (non-hydrogen) atoms. The zero-order chi connectivity index (χ0) is 23.1. The summed E-state index contributed by atoms with van der Waals surface area (Å²) in [6, 6.07) is 13.3. The van der Waals surface area contributed by atoms with Crippen molar-refractivity contribution in [1.82, 2.24) is 10.6 Å². The van der Waals surface area contributed by atoms with Crippen molar-refractivity contribution in [2.45, 2.75) is 12.5 Å². The molecule has 0 saturated carbocycles. The van der Waals surface area contributed by atoms with Gasteiger partial charge in [-0.25, -0.2) is 4.79 Å². The number of hydrogen-bond donors (Lipinski definition) is 3. The third-order valence-corrected chi connectivity index (χ3v) is 5.24. The highest BCUT2D eigenvalue weighted by Gasteiger charge is 2.25. The molecule has 1 fully saturated rings. The van der Waals surface area contributed by atoms with Gasteiger partial charge in [0.1, 0.15) is 17.5 Å². The van der Waals surface area contributed by atoms with Gasteiger partial charge in [-0.2, -0.15) is 0 Å². The van der Waals surface area contributed by atoms with Crippen molar-refractivity contribution in [2.75, 3.05) is 13.7 Å². The van der Waals surface area contributed by atoms with E-state index in [0.29, 0.717) is 16.4 Å². The highest BCUT2D eigenvalue weighted by molar-refractivity contribution is 8.18. The van der Waals surface area contributed by atoms with Crippen LogP contribution in [0.4, 0.5) is 4.79 Å². The van der Waals surface area contributed by atoms with Gasteiger partial charge >= 0.3 is 5.97 Å². The van der Waals surface area contributed by atoms with E-state index in [-0.39, 0.29) is 30.6 Å². The van der Waals surface area contributed by atoms with Crippen LogP contribution in [0.1, 0.15) is 11.1 Å². The van der Waals surface area contributed by atoms with E-state index < -0.39 is 23.8 Å². The zero-order valence-corrected chi connectivity index (χ0v) is 19.2. The molecule has 1 saturated heterocycles. The molecular formula is C22H22ClN3O6S. The number of halogens is 1. The summed E-state index contributed by atoms with van der Waals surface area (Å²) in [5.74, 6) is -0.241. The number of nitrogens with one attached hydrogen (secondary N) is 2. The van der Waals surface area contributed by atoms with E-state index in [9.17, 15) is 19.2 Å². The Balaban J connectivity index is 0.00000385. The van der Waals surface area contributed by atoms with Crippen LogP contribution in [0.25, 0.3) is 6.08 Å². The molecule has 1 aliphatic heterocycles. The van der Waals surface area contributed by atoms with E-state index in [1.165, 1.54) is 7.11 Å². The number of methoxy groups -OCH3 is 1. The SMILES string of the molecule is COC(=O)C(Cc1ccc(Oc2ccc(/C=C3\SC(=O)NC3=O)cc2)cc1)NC(=O)CN.Cl. The number of imide groups is 1. The van der Waals surface area contributed by atoms with Gasteiger partial charge in [-0.1, -0.05) is 24.3 Å². The van der Waals surface area contributed by atoms with E-state index in [4.69, 9.17) is 15.2 Å². The number of carbonyl (C=O) groups excluding carboxylic acids is 4. The van der Waals surface area contributed by atoms with Gasteiger partial charge in [0, 0.05) is 6.42 Å². The molecule has 2 aromatic carbocycles. The van der Waals surface area contributed by atoms with Crippen molar-refractivity contribution in [2.24, 2.45) is 5.73 Å². The van der Waals surface area contributed by atoms with Gasteiger partial charge in [0.05, 0.1) is 18.6 Å². The Labute approximate surface area is 200 Å². The van der Waals surface area contributed by atoms with Crippen molar-refractivity contribution in [3.05, 3.63) is 64.6 Å². The summed E-state index contributed by atoms with van der Waals surface area (Å²) in [6.07, 6.45) is 1.88. The highest BCUT2D eigenvalue weighted by Crippen LogP contribution is 2.27. The molecule has 3 rings (SSSR count). The largest absolute Gasteiger partial charge is 0.467 e. The van der Waals surface area contributed by atoms with Gasteiger partial charge in [0.15, 0.2) is 0 Å². The Hall–Kier alpha value is -3.34. The fourth-order valence-electron chi connectivity index (χ4n) is 2.86. The first-order valence-corrected chi connectivity index (χ1v) is 10.4. The van der Waals surface area contributed by atoms with Crippen LogP contribution >= 0.6 is 24.2 Å². The number of thioether (sulfide) groups is 1. The van der Waals surface area contributed by atoms with E-state index in [1.807, 2.05) is 0 Å². The molecule has 11 heteroatoms. The van der Waals surface area contributed by atoms with Gasteiger partial charge in [0.2, 0.25) is 5.91 Å². The minimum atomic E-state index is -0.833. The number of rotatable bonds is 8. The van der Waals surface area contributed by atoms with Gasteiger partial charge < -0.3 is 20.5 Å². The van der Waals surface area contributed by atoms with Crippen LogP contribution in [0.5, 0.6) is 11.5 Å². The van der Waals surface area contributed by atoms with Crippen LogP contribution in [0, 0.1) is 0 Å². The van der Waals surface area contributed by atoms with Crippen LogP contribution in [-0.4, -0.2) is 42.7 Å². The van der Waals surface area contributed by atoms with Crippen LogP contribution in [0.15, 0.2) is 53.4 Å². The lowest BCUT2D eigenvalue weighted by atomic mass is 10.1. The minimum absolute atomic E-state index is 0. The maximum Gasteiger partial charge on any atom is 0.328 e. The molecule has 0 radical (unpaired) electrons. The number of carbonyl (C=O) groups is 4. The summed E-state index contributed by atoms with van der Waals surface area (Å²) < 4.78 is 10.5. The molecule has 4 N–H and O–H groups in total. The Bertz CT molecular complexity index is 1060. The number of ether oxygens (including phenoxy) is 2. The van der Waals surface area contributed by atoms with Crippen molar-refractivity contribution < 1.29 is 28.7 Å².